The molecule has 2 aromatic carbocycles. The molecule has 0 aliphatic heterocycles. The largest absolute Gasteiger partial charge is 0.462 e. The molecule has 122 valence electrons. The van der Waals surface area contributed by atoms with Crippen molar-refractivity contribution in [1.82, 2.24) is 0 Å². The number of benzene rings is 2. The van der Waals surface area contributed by atoms with E-state index in [-0.39, 0.29) is 5.97 Å². The van der Waals surface area contributed by atoms with Gasteiger partial charge in [-0.2, -0.15) is 0 Å². The Morgan fingerprint density at radius 1 is 1.12 bits per heavy atom. The summed E-state index contributed by atoms with van der Waals surface area (Å²) in [7, 11) is 0. The SMILES string of the molecule is CCOC(=O)c1cccc(Nc2cc(C)[nH+]c3ccc(C)cc23)c1. The van der Waals surface area contributed by atoms with Gasteiger partial charge in [-0.25, -0.2) is 9.78 Å². The molecular formula is C20H21N2O2+. The van der Waals surface area contributed by atoms with Gasteiger partial charge in [-0.15, -0.1) is 0 Å². The summed E-state index contributed by atoms with van der Waals surface area (Å²) >= 11 is 0. The Balaban J connectivity index is 1.99. The molecule has 0 unspecified atom stereocenters. The molecule has 0 fully saturated rings. The number of carbonyl (C=O) groups is 1. The van der Waals surface area contributed by atoms with Crippen molar-refractivity contribution in [3.63, 3.8) is 0 Å². The van der Waals surface area contributed by atoms with Gasteiger partial charge in [-0.1, -0.05) is 12.1 Å². The molecule has 0 atom stereocenters. The predicted molar refractivity (Wildman–Crippen MR) is 95.7 cm³/mol. The normalized spacial score (nSPS) is 10.6. The third-order valence-corrected chi connectivity index (χ3v) is 3.81. The third-order valence-electron chi connectivity index (χ3n) is 3.81. The van der Waals surface area contributed by atoms with Crippen molar-refractivity contribution >= 4 is 28.2 Å². The number of aromatic amines is 1. The second kappa shape index (κ2) is 6.71. The van der Waals surface area contributed by atoms with Gasteiger partial charge >= 0.3 is 5.97 Å². The average molecular weight is 321 g/mol. The first-order valence-electron chi connectivity index (χ1n) is 8.04. The Labute approximate surface area is 141 Å². The second-order valence-electron chi connectivity index (χ2n) is 5.84. The Bertz CT molecular complexity index is 903. The molecule has 24 heavy (non-hydrogen) atoms. The zero-order valence-corrected chi connectivity index (χ0v) is 14.1. The molecule has 0 saturated carbocycles. The summed E-state index contributed by atoms with van der Waals surface area (Å²) < 4.78 is 5.07. The maximum atomic E-state index is 11.9. The molecule has 0 amide bonds. The van der Waals surface area contributed by atoms with Gasteiger partial charge in [-0.05, 0) is 43.7 Å². The van der Waals surface area contributed by atoms with Crippen LogP contribution in [0.15, 0.2) is 48.5 Å². The van der Waals surface area contributed by atoms with Crippen LogP contribution in [-0.2, 0) is 4.74 Å². The molecule has 0 saturated heterocycles. The lowest BCUT2D eigenvalue weighted by atomic mass is 10.1. The highest BCUT2D eigenvalue weighted by molar-refractivity contribution is 5.93. The van der Waals surface area contributed by atoms with Crippen molar-refractivity contribution in [2.75, 3.05) is 11.9 Å². The Morgan fingerprint density at radius 3 is 2.75 bits per heavy atom. The molecular weight excluding hydrogens is 300 g/mol. The molecule has 0 spiro atoms. The minimum atomic E-state index is -0.306. The number of anilines is 2. The highest BCUT2D eigenvalue weighted by atomic mass is 16.5. The summed E-state index contributed by atoms with van der Waals surface area (Å²) in [6.45, 7) is 6.27. The van der Waals surface area contributed by atoms with E-state index in [2.05, 4.69) is 41.5 Å². The number of carbonyl (C=O) groups excluding carboxylic acids is 1. The smallest absolute Gasteiger partial charge is 0.338 e. The number of H-pyrrole nitrogens is 1. The van der Waals surface area contributed by atoms with Gasteiger partial charge in [0.25, 0.3) is 0 Å². The maximum absolute atomic E-state index is 11.9. The van der Waals surface area contributed by atoms with Crippen LogP contribution in [0.4, 0.5) is 11.4 Å². The molecule has 3 aromatic rings. The van der Waals surface area contributed by atoms with Gasteiger partial charge in [0.1, 0.15) is 0 Å². The van der Waals surface area contributed by atoms with E-state index >= 15 is 0 Å². The van der Waals surface area contributed by atoms with Crippen molar-refractivity contribution in [1.29, 1.82) is 0 Å². The molecule has 1 heterocycles. The highest BCUT2D eigenvalue weighted by Crippen LogP contribution is 2.26. The monoisotopic (exact) mass is 321 g/mol. The lowest BCUT2D eigenvalue weighted by molar-refractivity contribution is -0.354. The number of pyridine rings is 1. The first-order chi connectivity index (χ1) is 11.6. The van der Waals surface area contributed by atoms with Gasteiger partial charge in [0.15, 0.2) is 5.69 Å². The number of aryl methyl sites for hydroxylation is 2. The van der Waals surface area contributed by atoms with E-state index < -0.39 is 0 Å². The van der Waals surface area contributed by atoms with Gasteiger partial charge in [0.05, 0.1) is 23.2 Å². The van der Waals surface area contributed by atoms with Gasteiger partial charge in [0, 0.05) is 24.7 Å². The van der Waals surface area contributed by atoms with E-state index in [0.717, 1.165) is 28.0 Å². The number of hydrogen-bond acceptors (Lipinski definition) is 3. The summed E-state index contributed by atoms with van der Waals surface area (Å²) in [4.78, 5) is 15.3. The standard InChI is InChI=1S/C20H20N2O2/c1-4-24-20(23)15-6-5-7-16(12-15)22-19-11-14(3)21-18-9-8-13(2)10-17(18)19/h5-12H,4H2,1-3H3,(H,21,22)/p+1. The Morgan fingerprint density at radius 2 is 1.96 bits per heavy atom. The lowest BCUT2D eigenvalue weighted by Gasteiger charge is -2.10. The van der Waals surface area contributed by atoms with E-state index in [9.17, 15) is 4.79 Å². The fraction of sp³-hybridized carbons (Fsp3) is 0.200. The first-order valence-corrected chi connectivity index (χ1v) is 8.04. The quantitative estimate of drug-likeness (QED) is 0.733. The number of fused-ring (bicyclic) bond motifs is 1. The molecule has 0 radical (unpaired) electrons. The number of aromatic nitrogens is 1. The zero-order chi connectivity index (χ0) is 17.1. The van der Waals surface area contributed by atoms with Crippen molar-refractivity contribution in [2.24, 2.45) is 0 Å². The number of nitrogens with one attached hydrogen (secondary N) is 2. The molecule has 4 heteroatoms. The topological polar surface area (TPSA) is 52.5 Å². The van der Waals surface area contributed by atoms with Gasteiger partial charge in [-0.3, -0.25) is 0 Å². The van der Waals surface area contributed by atoms with Crippen LogP contribution < -0.4 is 10.3 Å². The molecule has 3 rings (SSSR count). The van der Waals surface area contributed by atoms with Crippen LogP contribution in [-0.4, -0.2) is 12.6 Å². The first kappa shape index (κ1) is 16.0. The number of rotatable bonds is 4. The lowest BCUT2D eigenvalue weighted by Crippen LogP contribution is -2.10. The van der Waals surface area contributed by atoms with Crippen LogP contribution >= 0.6 is 0 Å². The number of hydrogen-bond donors (Lipinski definition) is 1. The van der Waals surface area contributed by atoms with E-state index in [0.29, 0.717) is 12.2 Å². The summed E-state index contributed by atoms with van der Waals surface area (Å²) in [6.07, 6.45) is 0. The van der Waals surface area contributed by atoms with Crippen LogP contribution in [0.3, 0.4) is 0 Å². The van der Waals surface area contributed by atoms with Crippen LogP contribution in [0.25, 0.3) is 10.9 Å². The van der Waals surface area contributed by atoms with Crippen LogP contribution in [0.2, 0.25) is 0 Å². The fourth-order valence-electron chi connectivity index (χ4n) is 2.73. The molecule has 2 N–H and O–H groups in total. The minimum absolute atomic E-state index is 0.306. The van der Waals surface area contributed by atoms with E-state index in [1.54, 1.807) is 13.0 Å². The molecule has 1 aromatic heterocycles. The number of ether oxygens (including phenoxy) is 1. The fourth-order valence-corrected chi connectivity index (χ4v) is 2.73. The molecule has 0 aliphatic rings. The summed E-state index contributed by atoms with van der Waals surface area (Å²) in [5.74, 6) is -0.306. The van der Waals surface area contributed by atoms with Crippen molar-refractivity contribution in [3.8, 4) is 0 Å². The maximum Gasteiger partial charge on any atom is 0.338 e. The van der Waals surface area contributed by atoms with Gasteiger partial charge < -0.3 is 10.1 Å². The molecule has 0 bridgehead atoms. The van der Waals surface area contributed by atoms with Crippen LogP contribution in [0.1, 0.15) is 28.5 Å². The predicted octanol–water partition coefficient (Wildman–Crippen LogP) is 4.19. The zero-order valence-electron chi connectivity index (χ0n) is 14.1. The van der Waals surface area contributed by atoms with E-state index in [4.69, 9.17) is 4.74 Å². The van der Waals surface area contributed by atoms with Gasteiger partial charge in [0.2, 0.25) is 5.52 Å². The summed E-state index contributed by atoms with van der Waals surface area (Å²) in [6, 6.07) is 15.7. The van der Waals surface area contributed by atoms with Crippen molar-refractivity contribution in [3.05, 3.63) is 65.4 Å². The second-order valence-corrected chi connectivity index (χ2v) is 5.84. The third kappa shape index (κ3) is 3.38. The average Bonchev–Trinajstić information content (AvgIpc) is 2.56. The van der Waals surface area contributed by atoms with Crippen molar-refractivity contribution in [2.45, 2.75) is 20.8 Å². The Hall–Kier alpha value is -2.88. The highest BCUT2D eigenvalue weighted by Gasteiger charge is 2.11. The summed E-state index contributed by atoms with van der Waals surface area (Å²) in [5.41, 5.74) is 5.74. The summed E-state index contributed by atoms with van der Waals surface area (Å²) in [5, 5.41) is 4.54. The van der Waals surface area contributed by atoms with E-state index in [1.165, 1.54) is 5.56 Å². The number of esters is 1. The van der Waals surface area contributed by atoms with E-state index in [1.807, 2.05) is 25.1 Å². The Kier molecular flexibility index (Phi) is 4.47. The van der Waals surface area contributed by atoms with Crippen molar-refractivity contribution < 1.29 is 14.5 Å². The molecule has 4 nitrogen and oxygen atoms in total. The van der Waals surface area contributed by atoms with Crippen LogP contribution in [0, 0.1) is 13.8 Å². The van der Waals surface area contributed by atoms with Crippen LogP contribution in [0.5, 0.6) is 0 Å². The minimum Gasteiger partial charge on any atom is -0.462 e. The molecule has 0 aliphatic carbocycles.